The van der Waals surface area contributed by atoms with Gasteiger partial charge in [-0.15, -0.1) is 11.6 Å². The smallest absolute Gasteiger partial charge is 0.254 e. The average Bonchev–Trinajstić information content (AvgIpc) is 2.84. The molecule has 1 saturated carbocycles. The summed E-state index contributed by atoms with van der Waals surface area (Å²) in [5.41, 5.74) is 0.579. The predicted molar refractivity (Wildman–Crippen MR) is 58.0 cm³/mol. The number of carbonyl (C=O) groups excluding carboxylic acids is 1. The van der Waals surface area contributed by atoms with Gasteiger partial charge >= 0.3 is 0 Å². The largest absolute Gasteiger partial charge is 0.472 e. The zero-order chi connectivity index (χ0) is 10.7. The maximum atomic E-state index is 11.5. The first kappa shape index (κ1) is 10.6. The van der Waals surface area contributed by atoms with E-state index in [4.69, 9.17) is 16.0 Å². The van der Waals surface area contributed by atoms with Gasteiger partial charge in [-0.2, -0.15) is 0 Å². The SMILES string of the molecule is O=C(NCC1CCC(Cl)C1)c1ccoc1. The van der Waals surface area contributed by atoms with E-state index >= 15 is 0 Å². The maximum Gasteiger partial charge on any atom is 0.254 e. The van der Waals surface area contributed by atoms with Gasteiger partial charge in [-0.1, -0.05) is 0 Å². The normalized spacial score (nSPS) is 25.4. The summed E-state index contributed by atoms with van der Waals surface area (Å²) in [4.78, 5) is 11.5. The van der Waals surface area contributed by atoms with Crippen LogP contribution in [0.3, 0.4) is 0 Å². The Balaban J connectivity index is 1.76. The number of nitrogens with one attached hydrogen (secondary N) is 1. The standard InChI is InChI=1S/C11H14ClNO2/c12-10-2-1-8(5-10)6-13-11(14)9-3-4-15-7-9/h3-4,7-8,10H,1-2,5-6H2,(H,13,14). The van der Waals surface area contributed by atoms with Gasteiger partial charge in [0.1, 0.15) is 6.26 Å². The van der Waals surface area contributed by atoms with Crippen LogP contribution in [0.5, 0.6) is 0 Å². The van der Waals surface area contributed by atoms with E-state index in [2.05, 4.69) is 5.32 Å². The molecule has 1 aliphatic carbocycles. The van der Waals surface area contributed by atoms with Gasteiger partial charge in [0.2, 0.25) is 0 Å². The molecule has 0 aromatic carbocycles. The first-order valence-electron chi connectivity index (χ1n) is 5.20. The molecule has 1 aromatic rings. The van der Waals surface area contributed by atoms with Crippen LogP contribution in [0.15, 0.2) is 23.0 Å². The van der Waals surface area contributed by atoms with Gasteiger partial charge in [-0.25, -0.2) is 0 Å². The van der Waals surface area contributed by atoms with Crippen LogP contribution < -0.4 is 5.32 Å². The highest BCUT2D eigenvalue weighted by Gasteiger charge is 2.23. The van der Waals surface area contributed by atoms with Crippen LogP contribution in [0.25, 0.3) is 0 Å². The lowest BCUT2D eigenvalue weighted by Gasteiger charge is -2.09. The second-order valence-corrected chi connectivity index (χ2v) is 4.62. The van der Waals surface area contributed by atoms with Crippen LogP contribution in [0.2, 0.25) is 0 Å². The van der Waals surface area contributed by atoms with Gasteiger partial charge in [-0.05, 0) is 31.2 Å². The highest BCUT2D eigenvalue weighted by Crippen LogP contribution is 2.28. The van der Waals surface area contributed by atoms with Gasteiger partial charge in [0.15, 0.2) is 0 Å². The van der Waals surface area contributed by atoms with E-state index in [1.54, 1.807) is 6.07 Å². The number of rotatable bonds is 3. The number of furan rings is 1. The number of halogens is 1. The third kappa shape index (κ3) is 2.75. The molecule has 1 heterocycles. The Morgan fingerprint density at radius 2 is 2.47 bits per heavy atom. The summed E-state index contributed by atoms with van der Waals surface area (Å²) in [5, 5.41) is 3.18. The molecule has 0 aliphatic heterocycles. The molecule has 0 radical (unpaired) electrons. The van der Waals surface area contributed by atoms with Crippen molar-refractivity contribution in [1.82, 2.24) is 5.32 Å². The number of hydrogen-bond donors (Lipinski definition) is 1. The first-order valence-corrected chi connectivity index (χ1v) is 5.64. The molecule has 2 atom stereocenters. The summed E-state index contributed by atoms with van der Waals surface area (Å²) >= 11 is 5.99. The van der Waals surface area contributed by atoms with E-state index in [0.29, 0.717) is 23.4 Å². The first-order chi connectivity index (χ1) is 7.25. The third-order valence-electron chi connectivity index (χ3n) is 2.81. The number of hydrogen-bond acceptors (Lipinski definition) is 2. The van der Waals surface area contributed by atoms with Crippen LogP contribution in [0.1, 0.15) is 29.6 Å². The Morgan fingerprint density at radius 3 is 3.07 bits per heavy atom. The molecular formula is C11H14ClNO2. The zero-order valence-corrected chi connectivity index (χ0v) is 9.17. The second-order valence-electron chi connectivity index (χ2n) is 4.00. The topological polar surface area (TPSA) is 42.2 Å². The van der Waals surface area contributed by atoms with E-state index in [1.165, 1.54) is 12.5 Å². The van der Waals surface area contributed by atoms with Crippen molar-refractivity contribution >= 4 is 17.5 Å². The molecule has 1 fully saturated rings. The Morgan fingerprint density at radius 1 is 1.60 bits per heavy atom. The number of amides is 1. The highest BCUT2D eigenvalue weighted by molar-refractivity contribution is 6.20. The van der Waals surface area contributed by atoms with Gasteiger partial charge < -0.3 is 9.73 Å². The summed E-state index contributed by atoms with van der Waals surface area (Å²) in [6.45, 7) is 0.716. The van der Waals surface area contributed by atoms with E-state index in [-0.39, 0.29) is 5.91 Å². The molecule has 4 heteroatoms. The zero-order valence-electron chi connectivity index (χ0n) is 8.41. The van der Waals surface area contributed by atoms with Gasteiger partial charge in [0.05, 0.1) is 11.8 Å². The predicted octanol–water partition coefficient (Wildman–Crippen LogP) is 2.42. The van der Waals surface area contributed by atoms with Crippen LogP contribution >= 0.6 is 11.6 Å². The lowest BCUT2D eigenvalue weighted by atomic mass is 10.1. The number of carbonyl (C=O) groups is 1. The van der Waals surface area contributed by atoms with Gasteiger partial charge in [-0.3, -0.25) is 4.79 Å². The fourth-order valence-corrected chi connectivity index (χ4v) is 2.31. The molecule has 3 nitrogen and oxygen atoms in total. The Bertz CT molecular complexity index is 323. The van der Waals surface area contributed by atoms with Crippen molar-refractivity contribution < 1.29 is 9.21 Å². The minimum absolute atomic E-state index is 0.0678. The molecular weight excluding hydrogens is 214 g/mol. The molecule has 0 saturated heterocycles. The Hall–Kier alpha value is -0.960. The van der Waals surface area contributed by atoms with Crippen molar-refractivity contribution in [3.8, 4) is 0 Å². The molecule has 15 heavy (non-hydrogen) atoms. The van der Waals surface area contributed by atoms with Crippen molar-refractivity contribution in [3.05, 3.63) is 24.2 Å². The molecule has 0 bridgehead atoms. The Kier molecular flexibility index (Phi) is 3.31. The molecule has 1 aromatic heterocycles. The van der Waals surface area contributed by atoms with Crippen molar-refractivity contribution in [2.24, 2.45) is 5.92 Å². The van der Waals surface area contributed by atoms with E-state index in [9.17, 15) is 4.79 Å². The summed E-state index contributed by atoms with van der Waals surface area (Å²) in [7, 11) is 0. The van der Waals surface area contributed by atoms with Crippen molar-refractivity contribution in [3.63, 3.8) is 0 Å². The quantitative estimate of drug-likeness (QED) is 0.806. The second kappa shape index (κ2) is 4.71. The van der Waals surface area contributed by atoms with Crippen LogP contribution in [-0.2, 0) is 0 Å². The average molecular weight is 228 g/mol. The molecule has 2 unspecified atom stereocenters. The third-order valence-corrected chi connectivity index (χ3v) is 3.21. The minimum Gasteiger partial charge on any atom is -0.472 e. The number of alkyl halides is 1. The summed E-state index contributed by atoms with van der Waals surface area (Å²) in [6, 6.07) is 1.66. The summed E-state index contributed by atoms with van der Waals surface area (Å²) in [6.07, 6.45) is 6.13. The molecule has 1 N–H and O–H groups in total. The summed E-state index contributed by atoms with van der Waals surface area (Å²) < 4.78 is 4.84. The van der Waals surface area contributed by atoms with Gasteiger partial charge in [0.25, 0.3) is 5.91 Å². The van der Waals surface area contributed by atoms with Crippen LogP contribution in [-0.4, -0.2) is 17.8 Å². The van der Waals surface area contributed by atoms with Crippen LogP contribution in [0.4, 0.5) is 0 Å². The lowest BCUT2D eigenvalue weighted by molar-refractivity contribution is 0.0947. The maximum absolute atomic E-state index is 11.5. The summed E-state index contributed by atoms with van der Waals surface area (Å²) in [5.74, 6) is 0.463. The molecule has 2 rings (SSSR count). The molecule has 82 valence electrons. The fraction of sp³-hybridized carbons (Fsp3) is 0.545. The van der Waals surface area contributed by atoms with Crippen LogP contribution in [0, 0.1) is 5.92 Å². The van der Waals surface area contributed by atoms with E-state index < -0.39 is 0 Å². The Labute approximate surface area is 93.8 Å². The van der Waals surface area contributed by atoms with E-state index in [0.717, 1.165) is 19.3 Å². The van der Waals surface area contributed by atoms with Crippen molar-refractivity contribution in [2.45, 2.75) is 24.6 Å². The van der Waals surface area contributed by atoms with Crippen molar-refractivity contribution in [1.29, 1.82) is 0 Å². The van der Waals surface area contributed by atoms with E-state index in [1.807, 2.05) is 0 Å². The molecule has 0 spiro atoms. The highest BCUT2D eigenvalue weighted by atomic mass is 35.5. The molecule has 1 aliphatic rings. The lowest BCUT2D eigenvalue weighted by Crippen LogP contribution is -2.28. The monoisotopic (exact) mass is 227 g/mol. The molecule has 1 amide bonds. The van der Waals surface area contributed by atoms with Gasteiger partial charge in [0, 0.05) is 11.9 Å². The van der Waals surface area contributed by atoms with Crippen molar-refractivity contribution in [2.75, 3.05) is 6.54 Å². The minimum atomic E-state index is -0.0678. The fourth-order valence-electron chi connectivity index (χ4n) is 1.93.